The zero-order valence-electron chi connectivity index (χ0n) is 9.76. The third-order valence-corrected chi connectivity index (χ3v) is 2.92. The molecule has 1 nitrogen and oxygen atoms in total. The predicted molar refractivity (Wildman–Crippen MR) is 60.0 cm³/mol. The van der Waals surface area contributed by atoms with Crippen molar-refractivity contribution in [3.63, 3.8) is 0 Å². The van der Waals surface area contributed by atoms with Crippen molar-refractivity contribution in [2.24, 2.45) is 0 Å². The lowest BCUT2D eigenvalue weighted by molar-refractivity contribution is -0.390. The number of benzene rings is 2. The molecule has 1 N–H and O–H groups in total. The molecule has 0 amide bonds. The molecule has 2 rings (SSSR count). The SMILES string of the molecule is OC(F)(C(F)(F)F)C(F)(F)c1cccc2ccccc12. The number of hydrogen-bond donors (Lipinski definition) is 1. The Morgan fingerprint density at radius 1 is 0.750 bits per heavy atom. The minimum absolute atomic E-state index is 0.211. The van der Waals surface area contributed by atoms with Gasteiger partial charge in [0, 0.05) is 5.56 Å². The van der Waals surface area contributed by atoms with Crippen molar-refractivity contribution in [2.45, 2.75) is 18.0 Å². The molecule has 0 heterocycles. The lowest BCUT2D eigenvalue weighted by Crippen LogP contribution is -2.53. The summed E-state index contributed by atoms with van der Waals surface area (Å²) in [6, 6.07) is 8.45. The highest BCUT2D eigenvalue weighted by Gasteiger charge is 2.71. The molecular formula is C13H8F6O. The van der Waals surface area contributed by atoms with Gasteiger partial charge in [-0.05, 0) is 10.8 Å². The first-order valence-corrected chi connectivity index (χ1v) is 5.43. The van der Waals surface area contributed by atoms with Crippen LogP contribution in [-0.2, 0) is 5.92 Å². The Kier molecular flexibility index (Phi) is 3.20. The van der Waals surface area contributed by atoms with Crippen LogP contribution in [0.4, 0.5) is 26.3 Å². The molecule has 0 aromatic heterocycles. The van der Waals surface area contributed by atoms with Gasteiger partial charge >= 0.3 is 18.0 Å². The highest BCUT2D eigenvalue weighted by molar-refractivity contribution is 5.86. The van der Waals surface area contributed by atoms with Gasteiger partial charge in [0.05, 0.1) is 0 Å². The van der Waals surface area contributed by atoms with Gasteiger partial charge < -0.3 is 5.11 Å². The van der Waals surface area contributed by atoms with Crippen LogP contribution in [0.5, 0.6) is 0 Å². The van der Waals surface area contributed by atoms with E-state index in [0.717, 1.165) is 12.1 Å². The van der Waals surface area contributed by atoms with Crippen molar-refractivity contribution in [2.75, 3.05) is 0 Å². The number of hydrogen-bond acceptors (Lipinski definition) is 1. The summed E-state index contributed by atoms with van der Waals surface area (Å²) in [5, 5.41) is 8.60. The van der Waals surface area contributed by atoms with Gasteiger partial charge in [0.25, 0.3) is 0 Å². The number of rotatable bonds is 2. The first-order chi connectivity index (χ1) is 9.09. The highest BCUT2D eigenvalue weighted by atomic mass is 19.4. The van der Waals surface area contributed by atoms with E-state index in [1.165, 1.54) is 24.3 Å². The fourth-order valence-electron chi connectivity index (χ4n) is 1.86. The van der Waals surface area contributed by atoms with Crippen molar-refractivity contribution in [3.8, 4) is 0 Å². The number of aliphatic hydroxyl groups is 1. The van der Waals surface area contributed by atoms with Gasteiger partial charge in [0.2, 0.25) is 0 Å². The van der Waals surface area contributed by atoms with Crippen LogP contribution >= 0.6 is 0 Å². The number of alkyl halides is 6. The van der Waals surface area contributed by atoms with E-state index in [2.05, 4.69) is 0 Å². The van der Waals surface area contributed by atoms with Gasteiger partial charge in [-0.2, -0.15) is 26.3 Å². The molecule has 0 aliphatic carbocycles. The van der Waals surface area contributed by atoms with E-state index < -0.39 is 23.5 Å². The molecule has 7 heteroatoms. The number of fused-ring (bicyclic) bond motifs is 1. The molecule has 0 aliphatic rings. The summed E-state index contributed by atoms with van der Waals surface area (Å²) in [4.78, 5) is 0. The van der Waals surface area contributed by atoms with Crippen LogP contribution in [0.1, 0.15) is 5.56 Å². The second kappa shape index (κ2) is 4.37. The lowest BCUT2D eigenvalue weighted by Gasteiger charge is -2.31. The molecule has 20 heavy (non-hydrogen) atoms. The first kappa shape index (κ1) is 14.6. The average Bonchev–Trinajstić information content (AvgIpc) is 2.36. The van der Waals surface area contributed by atoms with Crippen LogP contribution in [0.2, 0.25) is 0 Å². The van der Waals surface area contributed by atoms with Gasteiger partial charge in [0.1, 0.15) is 0 Å². The lowest BCUT2D eigenvalue weighted by atomic mass is 9.95. The summed E-state index contributed by atoms with van der Waals surface area (Å²) in [7, 11) is 0. The third-order valence-electron chi connectivity index (χ3n) is 2.92. The van der Waals surface area contributed by atoms with Crippen LogP contribution < -0.4 is 0 Å². The summed E-state index contributed by atoms with van der Waals surface area (Å²) in [6.07, 6.45) is -6.12. The van der Waals surface area contributed by atoms with E-state index >= 15 is 0 Å². The molecule has 0 radical (unpaired) electrons. The van der Waals surface area contributed by atoms with E-state index in [-0.39, 0.29) is 10.8 Å². The van der Waals surface area contributed by atoms with Crippen molar-refractivity contribution in [3.05, 3.63) is 48.0 Å². The maximum absolute atomic E-state index is 13.8. The second-order valence-corrected chi connectivity index (χ2v) is 4.22. The van der Waals surface area contributed by atoms with Gasteiger partial charge in [-0.1, -0.05) is 42.5 Å². The fourth-order valence-corrected chi connectivity index (χ4v) is 1.86. The van der Waals surface area contributed by atoms with Crippen LogP contribution in [-0.4, -0.2) is 17.1 Å². The third kappa shape index (κ3) is 2.02. The molecule has 1 atom stereocenters. The molecule has 0 saturated carbocycles. The Morgan fingerprint density at radius 2 is 1.30 bits per heavy atom. The summed E-state index contributed by atoms with van der Waals surface area (Å²) < 4.78 is 77.8. The minimum Gasteiger partial charge on any atom is -0.350 e. The maximum Gasteiger partial charge on any atom is 0.455 e. The Bertz CT molecular complexity index is 627. The van der Waals surface area contributed by atoms with Gasteiger partial charge in [0.15, 0.2) is 0 Å². The second-order valence-electron chi connectivity index (χ2n) is 4.22. The summed E-state index contributed by atoms with van der Waals surface area (Å²) in [5.41, 5.74) is -1.22. The van der Waals surface area contributed by atoms with E-state index in [0.29, 0.717) is 6.07 Å². The summed E-state index contributed by atoms with van der Waals surface area (Å²) >= 11 is 0. The average molecular weight is 294 g/mol. The van der Waals surface area contributed by atoms with Crippen molar-refractivity contribution in [1.82, 2.24) is 0 Å². The largest absolute Gasteiger partial charge is 0.455 e. The van der Waals surface area contributed by atoms with Gasteiger partial charge in [-0.3, -0.25) is 0 Å². The first-order valence-electron chi connectivity index (χ1n) is 5.43. The van der Waals surface area contributed by atoms with Crippen LogP contribution in [0.3, 0.4) is 0 Å². The van der Waals surface area contributed by atoms with Crippen LogP contribution in [0, 0.1) is 0 Å². The molecular weight excluding hydrogens is 286 g/mol. The smallest absolute Gasteiger partial charge is 0.350 e. The Balaban J connectivity index is 2.69. The van der Waals surface area contributed by atoms with Crippen molar-refractivity contribution >= 4 is 10.8 Å². The zero-order chi connectivity index (χ0) is 15.2. The Morgan fingerprint density at radius 3 is 1.90 bits per heavy atom. The topological polar surface area (TPSA) is 20.2 Å². The maximum atomic E-state index is 13.8. The quantitative estimate of drug-likeness (QED) is 0.825. The van der Waals surface area contributed by atoms with E-state index in [1.54, 1.807) is 0 Å². The van der Waals surface area contributed by atoms with Crippen molar-refractivity contribution in [1.29, 1.82) is 0 Å². The van der Waals surface area contributed by atoms with Crippen LogP contribution in [0.15, 0.2) is 42.5 Å². The van der Waals surface area contributed by atoms with E-state index in [4.69, 9.17) is 5.11 Å². The molecule has 0 spiro atoms. The van der Waals surface area contributed by atoms with E-state index in [9.17, 15) is 26.3 Å². The fraction of sp³-hybridized carbons (Fsp3) is 0.231. The predicted octanol–water partition coefficient (Wildman–Crippen LogP) is 4.15. The zero-order valence-corrected chi connectivity index (χ0v) is 9.76. The molecule has 2 aromatic rings. The summed E-state index contributed by atoms with van der Waals surface area (Å²) in [6.45, 7) is 0. The highest BCUT2D eigenvalue weighted by Crippen LogP contribution is 2.50. The Labute approximate surface area is 109 Å². The molecule has 108 valence electrons. The summed E-state index contributed by atoms with van der Waals surface area (Å²) in [5.74, 6) is -10.8. The monoisotopic (exact) mass is 294 g/mol. The Hall–Kier alpha value is -1.76. The standard InChI is InChI=1S/C13H8F6O/c14-11(15,12(16,20)13(17,18)19)10-7-3-5-8-4-1-2-6-9(8)10/h1-7,20H. The normalized spacial score (nSPS) is 16.1. The number of halogens is 6. The van der Waals surface area contributed by atoms with Crippen molar-refractivity contribution < 1.29 is 31.4 Å². The molecule has 0 aliphatic heterocycles. The van der Waals surface area contributed by atoms with Gasteiger partial charge in [-0.15, -0.1) is 0 Å². The molecule has 0 saturated heterocycles. The molecule has 2 aromatic carbocycles. The minimum atomic E-state index is -6.12. The van der Waals surface area contributed by atoms with Crippen LogP contribution in [0.25, 0.3) is 10.8 Å². The molecule has 1 unspecified atom stereocenters. The van der Waals surface area contributed by atoms with Gasteiger partial charge in [-0.25, -0.2) is 0 Å². The molecule has 0 bridgehead atoms. The molecule has 0 fully saturated rings. The van der Waals surface area contributed by atoms with E-state index in [1.807, 2.05) is 0 Å².